The molecular weight excluding hydrogens is 304 g/mol. The smallest absolute Gasteiger partial charge is 0.274 e. The van der Waals surface area contributed by atoms with Crippen molar-refractivity contribution in [2.24, 2.45) is 0 Å². The number of carbonyl (C=O) groups is 1. The molecular formula is C15H15ClN4O2. The number of anilines is 2. The van der Waals surface area contributed by atoms with Crippen molar-refractivity contribution in [3.63, 3.8) is 0 Å². The summed E-state index contributed by atoms with van der Waals surface area (Å²) in [5.74, 6) is 0.457. The largest absolute Gasteiger partial charge is 0.378 e. The number of benzene rings is 1. The summed E-state index contributed by atoms with van der Waals surface area (Å²) in [4.78, 5) is 22.6. The Morgan fingerprint density at radius 1 is 1.18 bits per heavy atom. The highest BCUT2D eigenvalue weighted by Crippen LogP contribution is 2.16. The minimum atomic E-state index is -0.278. The molecule has 0 aliphatic carbocycles. The van der Waals surface area contributed by atoms with Crippen LogP contribution in [0.5, 0.6) is 0 Å². The van der Waals surface area contributed by atoms with Crippen molar-refractivity contribution in [2.45, 2.75) is 0 Å². The fraction of sp³-hybridized carbons (Fsp3) is 0.267. The predicted molar refractivity (Wildman–Crippen MR) is 84.5 cm³/mol. The Labute approximate surface area is 133 Å². The maximum Gasteiger partial charge on any atom is 0.274 e. The van der Waals surface area contributed by atoms with Crippen LogP contribution in [0.4, 0.5) is 11.5 Å². The number of ether oxygens (including phenoxy) is 1. The molecule has 114 valence electrons. The molecule has 1 amide bonds. The average Bonchev–Trinajstić information content (AvgIpc) is 2.58. The van der Waals surface area contributed by atoms with E-state index in [1.807, 2.05) is 0 Å². The van der Waals surface area contributed by atoms with E-state index in [1.54, 1.807) is 30.3 Å². The van der Waals surface area contributed by atoms with Gasteiger partial charge in [-0.05, 0) is 24.3 Å². The molecule has 1 aliphatic heterocycles. The Balaban J connectivity index is 1.73. The monoisotopic (exact) mass is 318 g/mol. The molecule has 3 rings (SSSR count). The molecule has 1 saturated heterocycles. The summed E-state index contributed by atoms with van der Waals surface area (Å²) in [6, 6.07) is 8.61. The van der Waals surface area contributed by atoms with Crippen molar-refractivity contribution in [1.29, 1.82) is 0 Å². The van der Waals surface area contributed by atoms with Gasteiger partial charge in [0.1, 0.15) is 17.8 Å². The minimum absolute atomic E-state index is 0.278. The fourth-order valence-corrected chi connectivity index (χ4v) is 2.29. The number of carbonyl (C=O) groups excluding carboxylic acids is 1. The van der Waals surface area contributed by atoms with Gasteiger partial charge in [0.05, 0.1) is 13.2 Å². The number of amides is 1. The zero-order chi connectivity index (χ0) is 15.4. The topological polar surface area (TPSA) is 67.4 Å². The summed E-state index contributed by atoms with van der Waals surface area (Å²) in [5.41, 5.74) is 0.993. The van der Waals surface area contributed by atoms with Gasteiger partial charge in [-0.25, -0.2) is 9.97 Å². The first-order chi connectivity index (χ1) is 10.7. The van der Waals surface area contributed by atoms with Gasteiger partial charge in [-0.15, -0.1) is 0 Å². The Bertz CT molecular complexity index is 657. The molecule has 1 aromatic heterocycles. The molecule has 0 radical (unpaired) electrons. The molecule has 6 nitrogen and oxygen atoms in total. The summed E-state index contributed by atoms with van der Waals surface area (Å²) in [6.45, 7) is 2.84. The van der Waals surface area contributed by atoms with Crippen LogP contribution >= 0.6 is 11.6 Å². The first-order valence-electron chi connectivity index (χ1n) is 6.94. The molecule has 1 aromatic carbocycles. The maximum atomic E-state index is 12.3. The lowest BCUT2D eigenvalue weighted by Gasteiger charge is -2.27. The molecule has 0 bridgehead atoms. The third-order valence-corrected chi connectivity index (χ3v) is 3.57. The number of nitrogens with zero attached hydrogens (tertiary/aromatic N) is 3. The van der Waals surface area contributed by atoms with Crippen LogP contribution in [-0.2, 0) is 4.74 Å². The van der Waals surface area contributed by atoms with Crippen LogP contribution in [0.15, 0.2) is 36.7 Å². The highest BCUT2D eigenvalue weighted by atomic mass is 35.5. The fourth-order valence-electron chi connectivity index (χ4n) is 2.16. The zero-order valence-corrected chi connectivity index (χ0v) is 12.6. The van der Waals surface area contributed by atoms with E-state index in [0.29, 0.717) is 29.6 Å². The molecule has 1 aliphatic rings. The van der Waals surface area contributed by atoms with Gasteiger partial charge in [-0.3, -0.25) is 4.79 Å². The van der Waals surface area contributed by atoms with Crippen molar-refractivity contribution < 1.29 is 9.53 Å². The van der Waals surface area contributed by atoms with Crippen LogP contribution in [-0.4, -0.2) is 42.2 Å². The van der Waals surface area contributed by atoms with Gasteiger partial charge in [-0.1, -0.05) is 11.6 Å². The third kappa shape index (κ3) is 3.52. The van der Waals surface area contributed by atoms with Crippen LogP contribution in [0.2, 0.25) is 5.02 Å². The number of rotatable bonds is 3. The van der Waals surface area contributed by atoms with Gasteiger partial charge >= 0.3 is 0 Å². The lowest BCUT2D eigenvalue weighted by Crippen LogP contribution is -2.37. The minimum Gasteiger partial charge on any atom is -0.378 e. The predicted octanol–water partition coefficient (Wildman–Crippen LogP) is 2.22. The van der Waals surface area contributed by atoms with Crippen molar-refractivity contribution in [1.82, 2.24) is 9.97 Å². The Hall–Kier alpha value is -2.18. The molecule has 0 saturated carbocycles. The summed E-state index contributed by atoms with van der Waals surface area (Å²) in [5, 5.41) is 3.40. The Morgan fingerprint density at radius 2 is 1.91 bits per heavy atom. The zero-order valence-electron chi connectivity index (χ0n) is 11.8. The van der Waals surface area contributed by atoms with Gasteiger partial charge in [0.25, 0.3) is 5.91 Å². The number of hydrogen-bond acceptors (Lipinski definition) is 5. The van der Waals surface area contributed by atoms with Crippen molar-refractivity contribution in [3.8, 4) is 0 Å². The van der Waals surface area contributed by atoms with Crippen LogP contribution in [0.3, 0.4) is 0 Å². The van der Waals surface area contributed by atoms with Crippen LogP contribution in [0.1, 0.15) is 10.5 Å². The van der Waals surface area contributed by atoms with Gasteiger partial charge in [0.15, 0.2) is 0 Å². The molecule has 0 atom stereocenters. The van der Waals surface area contributed by atoms with Crippen LogP contribution in [0.25, 0.3) is 0 Å². The number of aromatic nitrogens is 2. The van der Waals surface area contributed by atoms with Crippen LogP contribution < -0.4 is 10.2 Å². The lowest BCUT2D eigenvalue weighted by molar-refractivity contribution is 0.102. The average molecular weight is 319 g/mol. The maximum absolute atomic E-state index is 12.3. The van der Waals surface area contributed by atoms with E-state index in [-0.39, 0.29) is 5.91 Å². The van der Waals surface area contributed by atoms with Gasteiger partial charge in [0.2, 0.25) is 0 Å². The number of nitrogens with one attached hydrogen (secondary N) is 1. The second-order valence-electron chi connectivity index (χ2n) is 4.82. The summed E-state index contributed by atoms with van der Waals surface area (Å²) < 4.78 is 5.31. The summed E-state index contributed by atoms with van der Waals surface area (Å²) in [7, 11) is 0. The number of halogens is 1. The third-order valence-electron chi connectivity index (χ3n) is 3.32. The van der Waals surface area contributed by atoms with E-state index in [4.69, 9.17) is 16.3 Å². The van der Waals surface area contributed by atoms with E-state index in [0.717, 1.165) is 18.9 Å². The molecule has 1 N–H and O–H groups in total. The van der Waals surface area contributed by atoms with Crippen molar-refractivity contribution in [2.75, 3.05) is 36.5 Å². The van der Waals surface area contributed by atoms with Gasteiger partial charge < -0.3 is 15.0 Å². The molecule has 0 unspecified atom stereocenters. The number of hydrogen-bond donors (Lipinski definition) is 1. The van der Waals surface area contributed by atoms with E-state index in [2.05, 4.69) is 20.2 Å². The van der Waals surface area contributed by atoms with Crippen molar-refractivity contribution in [3.05, 3.63) is 47.4 Å². The highest BCUT2D eigenvalue weighted by Gasteiger charge is 2.15. The lowest BCUT2D eigenvalue weighted by atomic mass is 10.3. The molecule has 7 heteroatoms. The van der Waals surface area contributed by atoms with E-state index in [1.165, 1.54) is 6.33 Å². The van der Waals surface area contributed by atoms with E-state index in [9.17, 15) is 4.79 Å². The summed E-state index contributed by atoms with van der Waals surface area (Å²) in [6.07, 6.45) is 1.40. The van der Waals surface area contributed by atoms with Crippen molar-refractivity contribution >= 4 is 29.0 Å². The molecule has 1 fully saturated rings. The van der Waals surface area contributed by atoms with Gasteiger partial charge in [-0.2, -0.15) is 0 Å². The standard InChI is InChI=1S/C15H15ClN4O2/c16-11-1-3-12(4-2-11)19-15(21)13-9-14(18-10-17-13)20-5-7-22-8-6-20/h1-4,9-10H,5-8H2,(H,19,21). The quantitative estimate of drug-likeness (QED) is 0.940. The molecule has 22 heavy (non-hydrogen) atoms. The molecule has 2 aromatic rings. The van der Waals surface area contributed by atoms with Gasteiger partial charge in [0, 0.05) is 29.9 Å². The van der Waals surface area contributed by atoms with Crippen LogP contribution in [0, 0.1) is 0 Å². The first kappa shape index (κ1) is 14.7. The van der Waals surface area contributed by atoms with E-state index >= 15 is 0 Å². The first-order valence-corrected chi connectivity index (χ1v) is 7.32. The second kappa shape index (κ2) is 6.72. The number of morpholine rings is 1. The normalized spacial score (nSPS) is 14.7. The highest BCUT2D eigenvalue weighted by molar-refractivity contribution is 6.30. The Morgan fingerprint density at radius 3 is 2.64 bits per heavy atom. The second-order valence-corrected chi connectivity index (χ2v) is 5.26. The molecule has 0 spiro atoms. The SMILES string of the molecule is O=C(Nc1ccc(Cl)cc1)c1cc(N2CCOCC2)ncn1. The molecule has 2 heterocycles. The van der Waals surface area contributed by atoms with E-state index < -0.39 is 0 Å². The Kier molecular flexibility index (Phi) is 4.50. The summed E-state index contributed by atoms with van der Waals surface area (Å²) >= 11 is 5.82.